The number of benzene rings is 2. The van der Waals surface area contributed by atoms with Gasteiger partial charge in [-0.1, -0.05) is 18.2 Å². The van der Waals surface area contributed by atoms with Crippen LogP contribution in [0.15, 0.2) is 52.9 Å². The van der Waals surface area contributed by atoms with E-state index in [1.54, 1.807) is 31.2 Å². The van der Waals surface area contributed by atoms with E-state index in [0.717, 1.165) is 6.26 Å². The molecule has 1 aliphatic carbocycles. The maximum atomic E-state index is 14.1. The molecule has 12 nitrogen and oxygen atoms in total. The standard InChI is InChI=1S/C23H21FN2O10S/c1-14-20(9-15-3-6-18(7-4-15)37(2,32)33)19-8-5-16(24)10-22(19)21(14)11-23(27)36-17(12-34-25(28)29)13-35-26(30)31/h3-10,17H,11-13H2,1-2H3/b20-9-. The highest BCUT2D eigenvalue weighted by Gasteiger charge is 2.28. The Kier molecular flexibility index (Phi) is 8.22. The van der Waals surface area contributed by atoms with E-state index in [0.29, 0.717) is 33.4 Å². The number of fused-ring (bicyclic) bond motifs is 1. The van der Waals surface area contributed by atoms with Crippen LogP contribution in [0.25, 0.3) is 17.2 Å². The van der Waals surface area contributed by atoms with Gasteiger partial charge in [-0.2, -0.15) is 0 Å². The summed E-state index contributed by atoms with van der Waals surface area (Å²) < 4.78 is 42.6. The van der Waals surface area contributed by atoms with Crippen molar-refractivity contribution >= 4 is 33.0 Å². The molecule has 2 aromatic carbocycles. The van der Waals surface area contributed by atoms with E-state index in [1.807, 2.05) is 0 Å². The number of ether oxygens (including phenoxy) is 1. The molecule has 37 heavy (non-hydrogen) atoms. The van der Waals surface area contributed by atoms with Crippen LogP contribution in [0.5, 0.6) is 0 Å². The van der Waals surface area contributed by atoms with Gasteiger partial charge in [0.1, 0.15) is 25.1 Å². The van der Waals surface area contributed by atoms with Gasteiger partial charge in [-0.25, -0.2) is 12.8 Å². The van der Waals surface area contributed by atoms with Crippen LogP contribution in [0.2, 0.25) is 0 Å². The van der Waals surface area contributed by atoms with Gasteiger partial charge in [-0.05, 0) is 70.7 Å². The van der Waals surface area contributed by atoms with Crippen LogP contribution < -0.4 is 0 Å². The van der Waals surface area contributed by atoms with Gasteiger partial charge >= 0.3 is 5.97 Å². The third-order valence-corrected chi connectivity index (χ3v) is 6.55. The molecule has 0 saturated heterocycles. The molecule has 14 heteroatoms. The van der Waals surface area contributed by atoms with Crippen LogP contribution in [-0.4, -0.2) is 50.1 Å². The summed E-state index contributed by atoms with van der Waals surface area (Å²) in [5.74, 6) is -1.44. The highest BCUT2D eigenvalue weighted by molar-refractivity contribution is 7.90. The SMILES string of the molecule is CC1=C(CC(=O)OC(CO[N+](=O)[O-])CO[N+](=O)[O-])c2cc(F)ccc2/C1=C\c1ccc(S(C)(=O)=O)cc1. The lowest BCUT2D eigenvalue weighted by atomic mass is 10.0. The second-order valence-corrected chi connectivity index (χ2v) is 10.0. The van der Waals surface area contributed by atoms with E-state index >= 15 is 0 Å². The predicted octanol–water partition coefficient (Wildman–Crippen LogP) is 3.28. The van der Waals surface area contributed by atoms with E-state index in [-0.39, 0.29) is 11.3 Å². The number of sulfone groups is 1. The highest BCUT2D eigenvalue weighted by Crippen LogP contribution is 2.44. The largest absolute Gasteiger partial charge is 0.458 e. The second kappa shape index (κ2) is 11.2. The lowest BCUT2D eigenvalue weighted by Crippen LogP contribution is -2.30. The zero-order valence-electron chi connectivity index (χ0n) is 19.6. The van der Waals surface area contributed by atoms with Gasteiger partial charge in [0.25, 0.3) is 10.2 Å². The van der Waals surface area contributed by atoms with Crippen molar-refractivity contribution in [2.45, 2.75) is 24.3 Å². The first-order chi connectivity index (χ1) is 17.3. The number of rotatable bonds is 11. The first-order valence-corrected chi connectivity index (χ1v) is 12.5. The maximum Gasteiger partial charge on any atom is 0.310 e. The third-order valence-electron chi connectivity index (χ3n) is 5.42. The molecule has 0 spiro atoms. The molecule has 0 aromatic heterocycles. The second-order valence-electron chi connectivity index (χ2n) is 8.02. The number of nitrogens with zero attached hydrogens (tertiary/aromatic N) is 2. The summed E-state index contributed by atoms with van der Waals surface area (Å²) in [6, 6.07) is 10.2. The van der Waals surface area contributed by atoms with Gasteiger partial charge in [0, 0.05) is 6.26 Å². The van der Waals surface area contributed by atoms with Crippen molar-refractivity contribution in [3.05, 3.63) is 90.8 Å². The first-order valence-electron chi connectivity index (χ1n) is 10.6. The van der Waals surface area contributed by atoms with Crippen molar-refractivity contribution in [1.82, 2.24) is 0 Å². The molecule has 0 aliphatic heterocycles. The lowest BCUT2D eigenvalue weighted by Gasteiger charge is -2.16. The van der Waals surface area contributed by atoms with E-state index in [4.69, 9.17) is 4.74 Å². The smallest absolute Gasteiger partial charge is 0.310 e. The minimum atomic E-state index is -3.38. The summed E-state index contributed by atoms with van der Waals surface area (Å²) in [5, 5.41) is 18.6. The monoisotopic (exact) mass is 536 g/mol. The van der Waals surface area contributed by atoms with Crippen molar-refractivity contribution < 1.29 is 42.2 Å². The Morgan fingerprint density at radius 1 is 1.03 bits per heavy atom. The Hall–Kier alpha value is -4.33. The molecular formula is C23H21FN2O10S. The number of hydrogen-bond acceptors (Lipinski definition) is 10. The summed E-state index contributed by atoms with van der Waals surface area (Å²) in [5.41, 5.74) is 3.41. The van der Waals surface area contributed by atoms with Crippen molar-refractivity contribution in [2.75, 3.05) is 19.5 Å². The fraction of sp³-hybridized carbons (Fsp3) is 0.261. The molecule has 196 valence electrons. The maximum absolute atomic E-state index is 14.1. The van der Waals surface area contributed by atoms with Gasteiger partial charge in [0.2, 0.25) is 0 Å². The number of esters is 1. The average Bonchev–Trinajstić information content (AvgIpc) is 3.05. The first kappa shape index (κ1) is 27.3. The molecule has 0 fully saturated rings. The molecule has 0 saturated carbocycles. The molecule has 2 aromatic rings. The molecule has 0 atom stereocenters. The molecule has 0 bridgehead atoms. The minimum absolute atomic E-state index is 0.149. The van der Waals surface area contributed by atoms with Crippen molar-refractivity contribution in [3.63, 3.8) is 0 Å². The van der Waals surface area contributed by atoms with Gasteiger partial charge in [0.05, 0.1) is 11.3 Å². The highest BCUT2D eigenvalue weighted by atomic mass is 32.2. The van der Waals surface area contributed by atoms with Gasteiger partial charge in [-0.15, -0.1) is 20.2 Å². The number of carbonyl (C=O) groups is 1. The fourth-order valence-corrected chi connectivity index (χ4v) is 4.37. The Morgan fingerprint density at radius 2 is 1.62 bits per heavy atom. The van der Waals surface area contributed by atoms with E-state index in [1.165, 1.54) is 24.3 Å². The average molecular weight is 536 g/mol. The summed E-state index contributed by atoms with van der Waals surface area (Å²) in [6.07, 6.45) is 1.04. The van der Waals surface area contributed by atoms with Gasteiger partial charge < -0.3 is 14.4 Å². The fourth-order valence-electron chi connectivity index (χ4n) is 3.74. The molecule has 0 unspecified atom stereocenters. The van der Waals surface area contributed by atoms with Gasteiger partial charge in [0.15, 0.2) is 9.84 Å². The Morgan fingerprint density at radius 3 is 2.16 bits per heavy atom. The van der Waals surface area contributed by atoms with E-state index < -0.39 is 51.1 Å². The summed E-state index contributed by atoms with van der Waals surface area (Å²) in [7, 11) is -3.38. The van der Waals surface area contributed by atoms with Crippen LogP contribution >= 0.6 is 0 Å². The summed E-state index contributed by atoms with van der Waals surface area (Å²) >= 11 is 0. The molecule has 0 heterocycles. The topological polar surface area (TPSA) is 165 Å². The molecule has 0 N–H and O–H groups in total. The molecule has 0 amide bonds. The Balaban J connectivity index is 1.89. The molecule has 1 aliphatic rings. The van der Waals surface area contributed by atoms with Crippen LogP contribution in [0.1, 0.15) is 30.0 Å². The van der Waals surface area contributed by atoms with Crippen molar-refractivity contribution in [1.29, 1.82) is 0 Å². The van der Waals surface area contributed by atoms with Crippen molar-refractivity contribution in [2.24, 2.45) is 0 Å². The van der Waals surface area contributed by atoms with E-state index in [2.05, 4.69) is 9.68 Å². The summed E-state index contributed by atoms with van der Waals surface area (Å²) in [4.78, 5) is 42.0. The predicted molar refractivity (Wildman–Crippen MR) is 127 cm³/mol. The van der Waals surface area contributed by atoms with Crippen LogP contribution in [0, 0.1) is 26.0 Å². The minimum Gasteiger partial charge on any atom is -0.458 e. The Bertz CT molecular complexity index is 1380. The van der Waals surface area contributed by atoms with Crippen molar-refractivity contribution in [3.8, 4) is 0 Å². The van der Waals surface area contributed by atoms with Crippen LogP contribution in [0.3, 0.4) is 0 Å². The van der Waals surface area contributed by atoms with E-state index in [9.17, 15) is 37.8 Å². The normalized spacial score (nSPS) is 14.0. The number of allylic oxidation sites excluding steroid dienone is 2. The number of carbonyl (C=O) groups excluding carboxylic acids is 1. The zero-order valence-corrected chi connectivity index (χ0v) is 20.4. The Labute approximate surface area is 210 Å². The molecular weight excluding hydrogens is 515 g/mol. The van der Waals surface area contributed by atoms with Gasteiger partial charge in [-0.3, -0.25) is 4.79 Å². The van der Waals surface area contributed by atoms with Crippen LogP contribution in [0.4, 0.5) is 4.39 Å². The quantitative estimate of drug-likeness (QED) is 0.236. The molecule has 3 rings (SSSR count). The number of hydrogen-bond donors (Lipinski definition) is 0. The molecule has 0 radical (unpaired) electrons. The van der Waals surface area contributed by atoms with Crippen LogP contribution in [-0.2, 0) is 29.0 Å². The lowest BCUT2D eigenvalue weighted by molar-refractivity contribution is -0.768. The summed E-state index contributed by atoms with van der Waals surface area (Å²) in [6.45, 7) is 0.134. The zero-order chi connectivity index (χ0) is 27.3. The third kappa shape index (κ3) is 7.10. The number of halogens is 1.